The summed E-state index contributed by atoms with van der Waals surface area (Å²) >= 11 is 3.45. The Kier molecular flexibility index (Phi) is 4.59. The van der Waals surface area contributed by atoms with Crippen molar-refractivity contribution in [1.29, 1.82) is 0 Å². The van der Waals surface area contributed by atoms with Crippen molar-refractivity contribution in [2.24, 2.45) is 0 Å². The fourth-order valence-electron chi connectivity index (χ4n) is 2.39. The first kappa shape index (κ1) is 14.9. The normalized spacial score (nSPS) is 10.8. The number of benzene rings is 2. The lowest BCUT2D eigenvalue weighted by atomic mass is 10.1. The molecule has 3 aromatic rings. The lowest BCUT2D eigenvalue weighted by molar-refractivity contribution is 0.548. The van der Waals surface area contributed by atoms with Gasteiger partial charge in [-0.2, -0.15) is 0 Å². The zero-order chi connectivity index (χ0) is 15.4. The van der Waals surface area contributed by atoms with Gasteiger partial charge in [-0.05, 0) is 43.2 Å². The van der Waals surface area contributed by atoms with Crippen molar-refractivity contribution in [3.05, 3.63) is 75.1 Å². The minimum Gasteiger partial charge on any atom is -0.423 e. The SMILES string of the molecule is O=c1oc2ccccc2cc1CCCNc1cccc(Br)c1. The Morgan fingerprint density at radius 2 is 1.91 bits per heavy atom. The number of hydrogen-bond donors (Lipinski definition) is 1. The number of rotatable bonds is 5. The highest BCUT2D eigenvalue weighted by atomic mass is 79.9. The van der Waals surface area contributed by atoms with Gasteiger partial charge in [0.2, 0.25) is 0 Å². The van der Waals surface area contributed by atoms with Crippen molar-refractivity contribution < 1.29 is 4.42 Å². The first-order valence-corrected chi connectivity index (χ1v) is 8.03. The summed E-state index contributed by atoms with van der Waals surface area (Å²) in [6.45, 7) is 0.808. The second kappa shape index (κ2) is 6.79. The highest BCUT2D eigenvalue weighted by Gasteiger charge is 2.04. The summed E-state index contributed by atoms with van der Waals surface area (Å²) in [6.07, 6.45) is 1.57. The summed E-state index contributed by atoms with van der Waals surface area (Å²) in [6, 6.07) is 17.6. The van der Waals surface area contributed by atoms with Crippen LogP contribution in [0.4, 0.5) is 5.69 Å². The Labute approximate surface area is 137 Å². The van der Waals surface area contributed by atoms with Gasteiger partial charge in [-0.3, -0.25) is 0 Å². The fraction of sp³-hybridized carbons (Fsp3) is 0.167. The van der Waals surface area contributed by atoms with Gasteiger partial charge < -0.3 is 9.73 Å². The van der Waals surface area contributed by atoms with Crippen molar-refractivity contribution in [3.8, 4) is 0 Å². The van der Waals surface area contributed by atoms with Gasteiger partial charge in [-0.25, -0.2) is 4.79 Å². The highest BCUT2D eigenvalue weighted by molar-refractivity contribution is 9.10. The number of anilines is 1. The molecule has 0 spiro atoms. The van der Waals surface area contributed by atoms with E-state index < -0.39 is 0 Å². The van der Waals surface area contributed by atoms with Gasteiger partial charge in [0.25, 0.3) is 0 Å². The zero-order valence-electron chi connectivity index (χ0n) is 12.0. The molecule has 112 valence electrons. The summed E-state index contributed by atoms with van der Waals surface area (Å²) in [5.74, 6) is 0. The zero-order valence-corrected chi connectivity index (χ0v) is 13.6. The second-order valence-corrected chi connectivity index (χ2v) is 6.05. The molecule has 0 radical (unpaired) electrons. The third kappa shape index (κ3) is 3.57. The van der Waals surface area contributed by atoms with Crippen LogP contribution in [0.25, 0.3) is 11.0 Å². The molecule has 0 unspecified atom stereocenters. The minimum atomic E-state index is -0.235. The molecule has 0 fully saturated rings. The van der Waals surface area contributed by atoms with E-state index in [1.54, 1.807) is 0 Å². The molecule has 3 rings (SSSR count). The Balaban J connectivity index is 1.62. The van der Waals surface area contributed by atoms with Crippen LogP contribution in [0.5, 0.6) is 0 Å². The van der Waals surface area contributed by atoms with E-state index in [0.717, 1.165) is 34.1 Å². The third-order valence-electron chi connectivity index (χ3n) is 3.49. The molecule has 1 aromatic heterocycles. The lowest BCUT2D eigenvalue weighted by Gasteiger charge is -2.06. The Morgan fingerprint density at radius 1 is 1.05 bits per heavy atom. The van der Waals surface area contributed by atoms with Crippen LogP contribution in [-0.4, -0.2) is 6.54 Å². The van der Waals surface area contributed by atoms with E-state index in [0.29, 0.717) is 12.0 Å². The van der Waals surface area contributed by atoms with Crippen LogP contribution in [0.3, 0.4) is 0 Å². The van der Waals surface area contributed by atoms with Crippen LogP contribution < -0.4 is 10.9 Å². The number of fused-ring (bicyclic) bond motifs is 1. The van der Waals surface area contributed by atoms with E-state index in [1.165, 1.54) is 0 Å². The van der Waals surface area contributed by atoms with Gasteiger partial charge in [0.15, 0.2) is 0 Å². The maximum atomic E-state index is 11.9. The summed E-state index contributed by atoms with van der Waals surface area (Å²) in [5, 5.41) is 4.32. The number of hydrogen-bond acceptors (Lipinski definition) is 3. The summed E-state index contributed by atoms with van der Waals surface area (Å²) in [5.41, 5.74) is 2.21. The van der Waals surface area contributed by atoms with E-state index in [2.05, 4.69) is 21.2 Å². The van der Waals surface area contributed by atoms with Crippen LogP contribution in [-0.2, 0) is 6.42 Å². The van der Waals surface area contributed by atoms with Crippen molar-refractivity contribution >= 4 is 32.6 Å². The van der Waals surface area contributed by atoms with Crippen LogP contribution >= 0.6 is 15.9 Å². The molecule has 0 aliphatic heterocycles. The molecule has 3 nitrogen and oxygen atoms in total. The molecule has 0 saturated heterocycles. The largest absolute Gasteiger partial charge is 0.423 e. The molecular formula is C18H16BrNO2. The standard InChI is InChI=1S/C18H16BrNO2/c19-15-7-3-8-16(12-15)20-10-4-6-14-11-13-5-1-2-9-17(13)22-18(14)21/h1-3,5,7-9,11-12,20H,4,6,10H2. The maximum absolute atomic E-state index is 11.9. The average Bonchev–Trinajstić information content (AvgIpc) is 2.52. The molecule has 0 amide bonds. The van der Waals surface area contributed by atoms with E-state index in [-0.39, 0.29) is 5.63 Å². The lowest BCUT2D eigenvalue weighted by Crippen LogP contribution is -2.10. The van der Waals surface area contributed by atoms with E-state index in [4.69, 9.17) is 4.42 Å². The topological polar surface area (TPSA) is 42.2 Å². The van der Waals surface area contributed by atoms with Crippen molar-refractivity contribution in [2.75, 3.05) is 11.9 Å². The van der Waals surface area contributed by atoms with Gasteiger partial charge in [-0.1, -0.05) is 40.2 Å². The third-order valence-corrected chi connectivity index (χ3v) is 3.98. The predicted octanol–water partition coefficient (Wildman–Crippen LogP) is 4.60. The molecule has 4 heteroatoms. The first-order valence-electron chi connectivity index (χ1n) is 7.23. The van der Waals surface area contributed by atoms with Crippen LogP contribution in [0, 0.1) is 0 Å². The molecule has 0 saturated carbocycles. The number of nitrogens with one attached hydrogen (secondary N) is 1. The van der Waals surface area contributed by atoms with E-state index in [1.807, 2.05) is 54.6 Å². The first-order chi connectivity index (χ1) is 10.7. The van der Waals surface area contributed by atoms with Gasteiger partial charge in [0.05, 0.1) is 0 Å². The molecule has 0 bridgehead atoms. The smallest absolute Gasteiger partial charge is 0.339 e. The Hall–Kier alpha value is -2.07. The second-order valence-electron chi connectivity index (χ2n) is 5.14. The van der Waals surface area contributed by atoms with Crippen molar-refractivity contribution in [2.45, 2.75) is 12.8 Å². The molecule has 0 aliphatic rings. The average molecular weight is 358 g/mol. The number of para-hydroxylation sites is 1. The van der Waals surface area contributed by atoms with Crippen LogP contribution in [0.2, 0.25) is 0 Å². The minimum absolute atomic E-state index is 0.235. The molecular weight excluding hydrogens is 342 g/mol. The fourth-order valence-corrected chi connectivity index (χ4v) is 2.79. The quantitative estimate of drug-likeness (QED) is 0.535. The van der Waals surface area contributed by atoms with Gasteiger partial charge >= 0.3 is 5.63 Å². The Bertz CT molecular complexity index is 842. The molecule has 22 heavy (non-hydrogen) atoms. The predicted molar refractivity (Wildman–Crippen MR) is 93.4 cm³/mol. The van der Waals surface area contributed by atoms with Crippen LogP contribution in [0.15, 0.2) is 68.3 Å². The molecule has 1 N–H and O–H groups in total. The summed E-state index contributed by atoms with van der Waals surface area (Å²) < 4.78 is 6.39. The highest BCUT2D eigenvalue weighted by Crippen LogP contribution is 2.16. The van der Waals surface area contributed by atoms with E-state index >= 15 is 0 Å². The monoisotopic (exact) mass is 357 g/mol. The van der Waals surface area contributed by atoms with E-state index in [9.17, 15) is 4.79 Å². The van der Waals surface area contributed by atoms with Gasteiger partial charge in [-0.15, -0.1) is 0 Å². The molecule has 1 heterocycles. The summed E-state index contributed by atoms with van der Waals surface area (Å²) in [7, 11) is 0. The molecule has 2 aromatic carbocycles. The maximum Gasteiger partial charge on any atom is 0.339 e. The number of aryl methyl sites for hydroxylation is 1. The number of halogens is 1. The van der Waals surface area contributed by atoms with Crippen molar-refractivity contribution in [1.82, 2.24) is 0 Å². The molecule has 0 atom stereocenters. The summed E-state index contributed by atoms with van der Waals surface area (Å²) in [4.78, 5) is 11.9. The van der Waals surface area contributed by atoms with Crippen LogP contribution in [0.1, 0.15) is 12.0 Å². The molecule has 0 aliphatic carbocycles. The Morgan fingerprint density at radius 3 is 2.77 bits per heavy atom. The van der Waals surface area contributed by atoms with Gasteiger partial charge in [0, 0.05) is 27.7 Å². The van der Waals surface area contributed by atoms with Gasteiger partial charge in [0.1, 0.15) is 5.58 Å². The van der Waals surface area contributed by atoms with Crippen molar-refractivity contribution in [3.63, 3.8) is 0 Å².